The largest absolute Gasteiger partial charge is 0.493 e. The number of rotatable bonds is 6. The van der Waals surface area contributed by atoms with E-state index in [9.17, 15) is 4.79 Å². The van der Waals surface area contributed by atoms with Crippen molar-refractivity contribution in [2.45, 2.75) is 19.6 Å². The lowest BCUT2D eigenvalue weighted by atomic mass is 9.95. The predicted molar refractivity (Wildman–Crippen MR) is 107 cm³/mol. The lowest BCUT2D eigenvalue weighted by molar-refractivity contribution is -0.147. The van der Waals surface area contributed by atoms with Gasteiger partial charge in [0.15, 0.2) is 17.3 Å². The maximum Gasteiger partial charge on any atom is 0.238 e. The maximum atomic E-state index is 12.9. The van der Waals surface area contributed by atoms with Gasteiger partial charge in [0.25, 0.3) is 0 Å². The number of hydrogen-bond acceptors (Lipinski definition) is 4. The minimum atomic E-state index is -1.21. The topological polar surface area (TPSA) is 44.8 Å². The summed E-state index contributed by atoms with van der Waals surface area (Å²) >= 11 is 6.16. The fraction of sp³-hybridized carbons (Fsp3) is 0.227. The van der Waals surface area contributed by atoms with Gasteiger partial charge in [0.05, 0.1) is 12.7 Å². The van der Waals surface area contributed by atoms with Crippen molar-refractivity contribution < 1.29 is 19.0 Å². The van der Waals surface area contributed by atoms with Gasteiger partial charge in [0.1, 0.15) is 0 Å². The van der Waals surface area contributed by atoms with Crippen LogP contribution in [-0.2, 0) is 9.53 Å². The van der Waals surface area contributed by atoms with Gasteiger partial charge in [-0.2, -0.15) is 0 Å². The molecule has 1 aliphatic heterocycles. The summed E-state index contributed by atoms with van der Waals surface area (Å²) in [6.07, 6.45) is 4.97. The van der Waals surface area contributed by atoms with Gasteiger partial charge in [-0.15, -0.1) is 0 Å². The first kappa shape index (κ1) is 19.2. The third-order valence-corrected chi connectivity index (χ3v) is 4.66. The van der Waals surface area contributed by atoms with E-state index < -0.39 is 5.79 Å². The second-order valence-corrected chi connectivity index (χ2v) is 6.54. The minimum Gasteiger partial charge on any atom is -0.493 e. The Balaban J connectivity index is 2.00. The molecule has 27 heavy (non-hydrogen) atoms. The molecule has 0 aromatic heterocycles. The van der Waals surface area contributed by atoms with Crippen LogP contribution in [0, 0.1) is 0 Å². The van der Waals surface area contributed by atoms with Gasteiger partial charge in [0, 0.05) is 24.1 Å². The molecule has 3 rings (SSSR count). The van der Waals surface area contributed by atoms with Crippen LogP contribution in [0.25, 0.3) is 12.2 Å². The monoisotopic (exact) mass is 384 g/mol. The first-order valence-corrected chi connectivity index (χ1v) is 9.05. The summed E-state index contributed by atoms with van der Waals surface area (Å²) in [5.41, 5.74) is 1.94. The Morgan fingerprint density at radius 2 is 2.00 bits per heavy atom. The zero-order valence-corrected chi connectivity index (χ0v) is 16.2. The maximum absolute atomic E-state index is 12.9. The van der Waals surface area contributed by atoms with Gasteiger partial charge >= 0.3 is 0 Å². The van der Waals surface area contributed by atoms with Crippen molar-refractivity contribution >= 4 is 29.5 Å². The lowest BCUT2D eigenvalue weighted by Crippen LogP contribution is -2.42. The number of allylic oxidation sites excluding steroid dienone is 1. The van der Waals surface area contributed by atoms with E-state index in [1.165, 1.54) is 6.08 Å². The van der Waals surface area contributed by atoms with Gasteiger partial charge in [-0.05, 0) is 42.8 Å². The standard InChI is InChI=1S/C22H21ClO4/c1-4-26-22(2)17(14-16-9-7-11-20(25-3)21(16)27-22)19(24)13-12-15-8-5-6-10-18(15)23/h5-14H,4H2,1-3H3/b13-12+. The van der Waals surface area contributed by atoms with Crippen LogP contribution in [0.5, 0.6) is 11.5 Å². The number of para-hydroxylation sites is 1. The molecule has 0 saturated carbocycles. The van der Waals surface area contributed by atoms with Crippen molar-refractivity contribution in [3.8, 4) is 11.5 Å². The van der Waals surface area contributed by atoms with Gasteiger partial charge in [0.2, 0.25) is 5.79 Å². The van der Waals surface area contributed by atoms with Crippen LogP contribution in [0.1, 0.15) is 25.0 Å². The number of benzene rings is 2. The Morgan fingerprint density at radius 3 is 2.70 bits per heavy atom. The van der Waals surface area contributed by atoms with Crippen LogP contribution in [0.4, 0.5) is 0 Å². The van der Waals surface area contributed by atoms with Crippen molar-refractivity contribution in [1.29, 1.82) is 0 Å². The number of ketones is 1. The molecule has 5 heteroatoms. The van der Waals surface area contributed by atoms with E-state index in [-0.39, 0.29) is 5.78 Å². The van der Waals surface area contributed by atoms with Crippen LogP contribution in [0.15, 0.2) is 54.1 Å². The molecule has 1 atom stereocenters. The Hall–Kier alpha value is -2.56. The van der Waals surface area contributed by atoms with E-state index in [1.54, 1.807) is 32.3 Å². The molecular formula is C22H21ClO4. The second-order valence-electron chi connectivity index (χ2n) is 6.14. The molecule has 2 aromatic rings. The Labute approximate surface area is 164 Å². The molecule has 1 unspecified atom stereocenters. The van der Waals surface area contributed by atoms with Crippen LogP contribution in [-0.4, -0.2) is 25.3 Å². The molecule has 0 bridgehead atoms. The zero-order chi connectivity index (χ0) is 19.4. The number of carbonyl (C=O) groups is 1. The van der Waals surface area contributed by atoms with Crippen molar-refractivity contribution in [2.75, 3.05) is 13.7 Å². The van der Waals surface area contributed by atoms with Crippen molar-refractivity contribution in [1.82, 2.24) is 0 Å². The normalized spacial score (nSPS) is 18.6. The van der Waals surface area contributed by atoms with E-state index in [4.69, 9.17) is 25.8 Å². The quantitative estimate of drug-likeness (QED) is 0.645. The molecule has 0 fully saturated rings. The molecule has 4 nitrogen and oxygen atoms in total. The Kier molecular flexibility index (Phi) is 5.68. The number of carbonyl (C=O) groups excluding carboxylic acids is 1. The highest BCUT2D eigenvalue weighted by molar-refractivity contribution is 6.32. The average molecular weight is 385 g/mol. The third kappa shape index (κ3) is 3.92. The number of methoxy groups -OCH3 is 1. The predicted octanol–water partition coefficient (Wildman–Crippen LogP) is 5.16. The molecule has 140 valence electrons. The fourth-order valence-corrected chi connectivity index (χ4v) is 3.19. The molecule has 1 heterocycles. The molecule has 0 aliphatic carbocycles. The van der Waals surface area contributed by atoms with Gasteiger partial charge < -0.3 is 14.2 Å². The molecule has 1 aliphatic rings. The number of halogens is 1. The summed E-state index contributed by atoms with van der Waals surface area (Å²) in [6.45, 7) is 3.98. The fourth-order valence-electron chi connectivity index (χ4n) is 3.00. The second kappa shape index (κ2) is 7.99. The average Bonchev–Trinajstić information content (AvgIpc) is 2.66. The van der Waals surface area contributed by atoms with Gasteiger partial charge in [-0.1, -0.05) is 41.9 Å². The van der Waals surface area contributed by atoms with E-state index in [0.29, 0.717) is 28.7 Å². The van der Waals surface area contributed by atoms with E-state index in [1.807, 2.05) is 43.3 Å². The third-order valence-electron chi connectivity index (χ3n) is 4.32. The van der Waals surface area contributed by atoms with Crippen LogP contribution in [0.2, 0.25) is 5.02 Å². The summed E-state index contributed by atoms with van der Waals surface area (Å²) in [6, 6.07) is 12.9. The highest BCUT2D eigenvalue weighted by Gasteiger charge is 2.40. The lowest BCUT2D eigenvalue weighted by Gasteiger charge is -2.35. The Morgan fingerprint density at radius 1 is 1.22 bits per heavy atom. The number of ether oxygens (including phenoxy) is 3. The first-order valence-electron chi connectivity index (χ1n) is 8.67. The molecule has 2 aromatic carbocycles. The highest BCUT2D eigenvalue weighted by atomic mass is 35.5. The molecule has 0 radical (unpaired) electrons. The van der Waals surface area contributed by atoms with Crippen LogP contribution >= 0.6 is 11.6 Å². The first-order chi connectivity index (χ1) is 13.0. The van der Waals surface area contributed by atoms with E-state index in [2.05, 4.69) is 0 Å². The molecule has 0 N–H and O–H groups in total. The highest BCUT2D eigenvalue weighted by Crippen LogP contribution is 2.42. The van der Waals surface area contributed by atoms with Crippen molar-refractivity contribution in [2.24, 2.45) is 0 Å². The smallest absolute Gasteiger partial charge is 0.238 e. The summed E-state index contributed by atoms with van der Waals surface area (Å²) in [4.78, 5) is 12.9. The summed E-state index contributed by atoms with van der Waals surface area (Å²) < 4.78 is 17.3. The molecule has 0 spiro atoms. The van der Waals surface area contributed by atoms with Crippen molar-refractivity contribution in [3.63, 3.8) is 0 Å². The van der Waals surface area contributed by atoms with Gasteiger partial charge in [-0.3, -0.25) is 4.79 Å². The molecular weight excluding hydrogens is 364 g/mol. The van der Waals surface area contributed by atoms with E-state index in [0.717, 1.165) is 11.1 Å². The summed E-state index contributed by atoms with van der Waals surface area (Å²) in [5.74, 6) is -0.270. The van der Waals surface area contributed by atoms with E-state index >= 15 is 0 Å². The summed E-state index contributed by atoms with van der Waals surface area (Å²) in [5, 5.41) is 0.582. The minimum absolute atomic E-state index is 0.209. The van der Waals surface area contributed by atoms with Gasteiger partial charge in [-0.25, -0.2) is 0 Å². The zero-order valence-electron chi connectivity index (χ0n) is 15.5. The van der Waals surface area contributed by atoms with Crippen LogP contribution in [0.3, 0.4) is 0 Å². The van der Waals surface area contributed by atoms with Crippen LogP contribution < -0.4 is 9.47 Å². The summed E-state index contributed by atoms with van der Waals surface area (Å²) in [7, 11) is 1.58. The Bertz CT molecular complexity index is 916. The van der Waals surface area contributed by atoms with Crippen molar-refractivity contribution in [3.05, 3.63) is 70.3 Å². The number of fused-ring (bicyclic) bond motifs is 1. The number of hydrogen-bond donors (Lipinski definition) is 0. The molecule has 0 amide bonds. The molecule has 0 saturated heterocycles. The SMILES string of the molecule is CCOC1(C)Oc2c(cccc2OC)C=C1C(=O)/C=C/c1ccccc1Cl.